The maximum atomic E-state index is 13.8. The van der Waals surface area contributed by atoms with Gasteiger partial charge in [-0.3, -0.25) is 4.90 Å². The number of nitrogens with zero attached hydrogens (tertiary/aromatic N) is 2. The van der Waals surface area contributed by atoms with Crippen molar-refractivity contribution >= 4 is 0 Å². The van der Waals surface area contributed by atoms with Crippen LogP contribution in [0.5, 0.6) is 0 Å². The molecule has 0 saturated carbocycles. The number of benzene rings is 1. The molecule has 1 aromatic rings. The molecule has 1 aliphatic heterocycles. The Balaban J connectivity index is 2.06. The van der Waals surface area contributed by atoms with Gasteiger partial charge in [-0.2, -0.15) is 5.26 Å². The molecule has 0 aliphatic carbocycles. The Morgan fingerprint density at radius 1 is 1.53 bits per heavy atom. The first-order valence-electron chi connectivity index (χ1n) is 6.29. The highest BCUT2D eigenvalue weighted by Gasteiger charge is 2.25. The molecular formula is C14H17FN2O2. The van der Waals surface area contributed by atoms with Gasteiger partial charge < -0.3 is 9.84 Å². The van der Waals surface area contributed by atoms with Gasteiger partial charge >= 0.3 is 0 Å². The van der Waals surface area contributed by atoms with Crippen LogP contribution < -0.4 is 0 Å². The van der Waals surface area contributed by atoms with E-state index >= 15 is 0 Å². The fraction of sp³-hybridized carbons (Fsp3) is 0.500. The van der Waals surface area contributed by atoms with Gasteiger partial charge in [-0.15, -0.1) is 0 Å². The lowest BCUT2D eigenvalue weighted by molar-refractivity contribution is -0.0974. The molecule has 0 radical (unpaired) electrons. The molecule has 1 heterocycles. The molecule has 1 fully saturated rings. The van der Waals surface area contributed by atoms with E-state index in [1.165, 1.54) is 6.07 Å². The minimum Gasteiger partial charge on any atom is -0.394 e. The number of aliphatic hydroxyl groups is 1. The third-order valence-electron chi connectivity index (χ3n) is 3.18. The Morgan fingerprint density at radius 3 is 2.95 bits per heavy atom. The van der Waals surface area contributed by atoms with E-state index in [2.05, 4.69) is 4.90 Å². The monoisotopic (exact) mass is 264 g/mol. The van der Waals surface area contributed by atoms with Crippen LogP contribution in [0.25, 0.3) is 0 Å². The van der Waals surface area contributed by atoms with Crippen LogP contribution in [0.15, 0.2) is 18.2 Å². The average Bonchev–Trinajstić information content (AvgIpc) is 2.40. The van der Waals surface area contributed by atoms with Gasteiger partial charge in [-0.1, -0.05) is 6.07 Å². The predicted octanol–water partition coefficient (Wildman–Crippen LogP) is 1.28. The zero-order valence-electron chi connectivity index (χ0n) is 10.8. The number of morpholine rings is 1. The summed E-state index contributed by atoms with van der Waals surface area (Å²) < 4.78 is 19.4. The van der Waals surface area contributed by atoms with Gasteiger partial charge in [0.15, 0.2) is 0 Å². The lowest BCUT2D eigenvalue weighted by atomic mass is 10.1. The van der Waals surface area contributed by atoms with Crippen LogP contribution in [0, 0.1) is 17.1 Å². The molecule has 2 atom stereocenters. The molecule has 4 nitrogen and oxygen atoms in total. The quantitative estimate of drug-likeness (QED) is 0.893. The van der Waals surface area contributed by atoms with Gasteiger partial charge in [0, 0.05) is 25.2 Å². The van der Waals surface area contributed by atoms with Crippen LogP contribution in [-0.4, -0.2) is 41.9 Å². The van der Waals surface area contributed by atoms with E-state index < -0.39 is 0 Å². The summed E-state index contributed by atoms with van der Waals surface area (Å²) in [5.41, 5.74) is 0.884. The summed E-state index contributed by atoms with van der Waals surface area (Å²) in [5, 5.41) is 17.9. The van der Waals surface area contributed by atoms with Gasteiger partial charge in [-0.25, -0.2) is 4.39 Å². The van der Waals surface area contributed by atoms with Gasteiger partial charge in [0.2, 0.25) is 0 Å². The van der Waals surface area contributed by atoms with Crippen molar-refractivity contribution in [2.45, 2.75) is 25.7 Å². The topological polar surface area (TPSA) is 56.5 Å². The molecule has 1 aromatic carbocycles. The standard InChI is InChI=1S/C14H17FN2O2/c1-10-6-17(8-13(9-18)19-10)7-12-3-2-11(5-16)4-14(12)15/h2-4,10,13,18H,6-9H2,1H3. The minimum atomic E-state index is -0.362. The van der Waals surface area contributed by atoms with Crippen molar-refractivity contribution in [1.29, 1.82) is 5.26 Å². The number of aliphatic hydroxyl groups excluding tert-OH is 1. The van der Waals surface area contributed by atoms with Gasteiger partial charge in [0.05, 0.1) is 30.4 Å². The summed E-state index contributed by atoms with van der Waals surface area (Å²) >= 11 is 0. The van der Waals surface area contributed by atoms with E-state index in [9.17, 15) is 4.39 Å². The van der Waals surface area contributed by atoms with Crippen molar-refractivity contribution in [3.05, 3.63) is 35.1 Å². The predicted molar refractivity (Wildman–Crippen MR) is 67.8 cm³/mol. The Morgan fingerprint density at radius 2 is 2.32 bits per heavy atom. The van der Waals surface area contributed by atoms with Crippen molar-refractivity contribution in [3.63, 3.8) is 0 Å². The zero-order chi connectivity index (χ0) is 13.8. The summed E-state index contributed by atoms with van der Waals surface area (Å²) in [7, 11) is 0. The number of hydrogen-bond donors (Lipinski definition) is 1. The fourth-order valence-corrected chi connectivity index (χ4v) is 2.36. The molecule has 2 unspecified atom stereocenters. The Bertz CT molecular complexity index is 487. The lowest BCUT2D eigenvalue weighted by Gasteiger charge is -2.36. The number of nitriles is 1. The minimum absolute atomic E-state index is 0.0207. The number of ether oxygens (including phenoxy) is 1. The van der Waals surface area contributed by atoms with E-state index in [0.717, 1.165) is 0 Å². The first-order chi connectivity index (χ1) is 9.12. The van der Waals surface area contributed by atoms with E-state index in [1.807, 2.05) is 13.0 Å². The van der Waals surface area contributed by atoms with Crippen molar-refractivity contribution in [3.8, 4) is 6.07 Å². The molecule has 1 aliphatic rings. The van der Waals surface area contributed by atoms with Gasteiger partial charge in [0.25, 0.3) is 0 Å². The van der Waals surface area contributed by atoms with Crippen molar-refractivity contribution < 1.29 is 14.2 Å². The number of rotatable bonds is 3. The van der Waals surface area contributed by atoms with Gasteiger partial charge in [-0.05, 0) is 19.1 Å². The molecule has 19 heavy (non-hydrogen) atoms. The van der Waals surface area contributed by atoms with E-state index in [4.69, 9.17) is 15.1 Å². The second-order valence-electron chi connectivity index (χ2n) is 4.86. The maximum absolute atomic E-state index is 13.8. The lowest BCUT2D eigenvalue weighted by Crippen LogP contribution is -2.47. The van der Waals surface area contributed by atoms with Crippen LogP contribution in [0.1, 0.15) is 18.1 Å². The SMILES string of the molecule is CC1CN(Cc2ccc(C#N)cc2F)CC(CO)O1. The van der Waals surface area contributed by atoms with Crippen LogP contribution in [0.4, 0.5) is 4.39 Å². The highest BCUT2D eigenvalue weighted by atomic mass is 19.1. The maximum Gasteiger partial charge on any atom is 0.129 e. The summed E-state index contributed by atoms with van der Waals surface area (Å²) in [5.74, 6) is -0.362. The summed E-state index contributed by atoms with van der Waals surface area (Å²) in [4.78, 5) is 2.06. The summed E-state index contributed by atoms with van der Waals surface area (Å²) in [6, 6.07) is 6.43. The van der Waals surface area contributed by atoms with Gasteiger partial charge in [0.1, 0.15) is 5.82 Å². The molecule has 5 heteroatoms. The highest BCUT2D eigenvalue weighted by molar-refractivity contribution is 5.32. The Hall–Kier alpha value is -1.48. The molecule has 102 valence electrons. The van der Waals surface area contributed by atoms with Crippen molar-refractivity contribution in [2.24, 2.45) is 0 Å². The van der Waals surface area contributed by atoms with E-state index in [0.29, 0.717) is 30.8 Å². The molecule has 0 aromatic heterocycles. The molecule has 0 amide bonds. The summed E-state index contributed by atoms with van der Waals surface area (Å²) in [6.07, 6.45) is -0.197. The van der Waals surface area contributed by atoms with E-state index in [1.54, 1.807) is 12.1 Å². The molecule has 2 rings (SSSR count). The molecule has 0 bridgehead atoms. The van der Waals surface area contributed by atoms with Crippen LogP contribution in [-0.2, 0) is 11.3 Å². The largest absolute Gasteiger partial charge is 0.394 e. The van der Waals surface area contributed by atoms with Crippen LogP contribution in [0.2, 0.25) is 0 Å². The third kappa shape index (κ3) is 3.51. The highest BCUT2D eigenvalue weighted by Crippen LogP contribution is 2.17. The fourth-order valence-electron chi connectivity index (χ4n) is 2.36. The van der Waals surface area contributed by atoms with E-state index in [-0.39, 0.29) is 24.6 Å². The smallest absolute Gasteiger partial charge is 0.129 e. The number of hydrogen-bond acceptors (Lipinski definition) is 4. The Kier molecular flexibility index (Phi) is 4.48. The first kappa shape index (κ1) is 13.9. The Labute approximate surface area is 112 Å². The number of halogens is 1. The zero-order valence-corrected chi connectivity index (χ0v) is 10.8. The molecule has 1 N–H and O–H groups in total. The average molecular weight is 264 g/mol. The summed E-state index contributed by atoms with van der Waals surface area (Å²) in [6.45, 7) is 3.65. The first-order valence-corrected chi connectivity index (χ1v) is 6.29. The van der Waals surface area contributed by atoms with Crippen molar-refractivity contribution in [2.75, 3.05) is 19.7 Å². The van der Waals surface area contributed by atoms with Crippen molar-refractivity contribution in [1.82, 2.24) is 4.90 Å². The second-order valence-corrected chi connectivity index (χ2v) is 4.86. The normalized spacial score (nSPS) is 24.1. The van der Waals surface area contributed by atoms with Crippen LogP contribution >= 0.6 is 0 Å². The molecule has 0 spiro atoms. The van der Waals surface area contributed by atoms with Crippen LogP contribution in [0.3, 0.4) is 0 Å². The molecule has 1 saturated heterocycles. The second kappa shape index (κ2) is 6.11. The molecular weight excluding hydrogens is 247 g/mol. The third-order valence-corrected chi connectivity index (χ3v) is 3.18.